The zero-order valence-electron chi connectivity index (χ0n) is 22.0. The number of ether oxygens (including phenoxy) is 2. The first-order valence-electron chi connectivity index (χ1n) is 12.6. The Labute approximate surface area is 231 Å². The number of rotatable bonds is 13. The normalized spacial score (nSPS) is 12.3. The van der Waals surface area contributed by atoms with E-state index >= 15 is 0 Å². The molecule has 4 aromatic rings. The number of oxazole rings is 1. The molecular formula is C28H28F3N4O4P. The van der Waals surface area contributed by atoms with Crippen LogP contribution in [-0.4, -0.2) is 26.3 Å². The van der Waals surface area contributed by atoms with Gasteiger partial charge in [0.15, 0.2) is 8.46 Å². The summed E-state index contributed by atoms with van der Waals surface area (Å²) in [6.45, 7) is 3.90. The molecule has 4 rings (SSSR count). The first-order chi connectivity index (χ1) is 19.1. The molecule has 0 aliphatic heterocycles. The topological polar surface area (TPSA) is 92.3 Å². The molecule has 0 aliphatic rings. The summed E-state index contributed by atoms with van der Waals surface area (Å²) in [5.74, 6) is 0.774. The zero-order valence-corrected chi connectivity index (χ0v) is 22.9. The van der Waals surface area contributed by atoms with Gasteiger partial charge >= 0.3 is 6.36 Å². The Balaban J connectivity index is 1.18. The summed E-state index contributed by atoms with van der Waals surface area (Å²) < 4.78 is 64.8. The highest BCUT2D eigenvalue weighted by Crippen LogP contribution is 2.27. The van der Waals surface area contributed by atoms with Crippen molar-refractivity contribution in [2.45, 2.75) is 57.8 Å². The Morgan fingerprint density at radius 2 is 1.65 bits per heavy atom. The summed E-state index contributed by atoms with van der Waals surface area (Å²) in [6.07, 6.45) is 5.61. The van der Waals surface area contributed by atoms with Gasteiger partial charge < -0.3 is 13.9 Å². The third-order valence-corrected chi connectivity index (χ3v) is 6.54. The van der Waals surface area contributed by atoms with E-state index in [9.17, 15) is 17.7 Å². The van der Waals surface area contributed by atoms with Crippen molar-refractivity contribution in [3.8, 4) is 11.5 Å². The van der Waals surface area contributed by atoms with Crippen molar-refractivity contribution in [2.75, 3.05) is 0 Å². The van der Waals surface area contributed by atoms with Crippen molar-refractivity contribution in [3.05, 3.63) is 89.4 Å². The molecule has 2 heterocycles. The summed E-state index contributed by atoms with van der Waals surface area (Å²) in [5.41, 5.74) is 3.36. The minimum absolute atomic E-state index is 0.00425. The number of alkyl halides is 3. The van der Waals surface area contributed by atoms with E-state index < -0.39 is 11.6 Å². The van der Waals surface area contributed by atoms with E-state index in [-0.39, 0.29) is 20.8 Å². The Kier molecular flexibility index (Phi) is 9.37. The number of aromatic nitrogens is 4. The van der Waals surface area contributed by atoms with Crippen molar-refractivity contribution in [3.63, 3.8) is 0 Å². The smallest absolute Gasteiger partial charge is 0.487 e. The molecule has 0 fully saturated rings. The predicted molar refractivity (Wildman–Crippen MR) is 143 cm³/mol. The minimum atomic E-state index is -4.72. The van der Waals surface area contributed by atoms with Crippen LogP contribution in [0.4, 0.5) is 13.2 Å². The van der Waals surface area contributed by atoms with Gasteiger partial charge in [0.2, 0.25) is 5.89 Å². The van der Waals surface area contributed by atoms with Crippen LogP contribution in [0.25, 0.3) is 12.2 Å². The van der Waals surface area contributed by atoms with E-state index in [2.05, 4.69) is 20.0 Å². The summed E-state index contributed by atoms with van der Waals surface area (Å²) >= 11 is 0. The monoisotopic (exact) mass is 572 g/mol. The maximum atomic E-state index is 12.3. The van der Waals surface area contributed by atoms with Crippen molar-refractivity contribution in [2.24, 2.45) is 0 Å². The Morgan fingerprint density at radius 1 is 0.950 bits per heavy atom. The van der Waals surface area contributed by atoms with E-state index in [0.29, 0.717) is 22.9 Å². The maximum Gasteiger partial charge on any atom is 0.573 e. The molecule has 2 aromatic carbocycles. The summed E-state index contributed by atoms with van der Waals surface area (Å²) in [4.78, 5) is 4.34. The highest BCUT2D eigenvalue weighted by Gasteiger charge is 2.30. The zero-order chi connectivity index (χ0) is 28.6. The maximum absolute atomic E-state index is 12.3. The van der Waals surface area contributed by atoms with Gasteiger partial charge in [0.05, 0.1) is 5.69 Å². The largest absolute Gasteiger partial charge is 0.573 e. The van der Waals surface area contributed by atoms with Crippen molar-refractivity contribution >= 4 is 20.6 Å². The molecule has 0 radical (unpaired) electrons. The van der Waals surface area contributed by atoms with Crippen LogP contribution in [0.1, 0.15) is 55.1 Å². The Hall–Kier alpha value is -3.98. The van der Waals surface area contributed by atoms with Gasteiger partial charge in [-0.05, 0) is 81.0 Å². The van der Waals surface area contributed by atoms with Crippen LogP contribution >= 0.6 is 8.46 Å². The summed E-state index contributed by atoms with van der Waals surface area (Å²) in [5, 5.41) is 7.65. The average Bonchev–Trinajstić information content (AvgIpc) is 3.60. The first kappa shape index (κ1) is 29.0. The fourth-order valence-electron chi connectivity index (χ4n) is 3.68. The second kappa shape index (κ2) is 12.9. The lowest BCUT2D eigenvalue weighted by Crippen LogP contribution is -2.19. The third kappa shape index (κ3) is 8.77. The van der Waals surface area contributed by atoms with Gasteiger partial charge in [-0.2, -0.15) is 0 Å². The van der Waals surface area contributed by atoms with Crippen molar-refractivity contribution in [1.82, 2.24) is 20.0 Å². The predicted octanol–water partition coefficient (Wildman–Crippen LogP) is 7.46. The minimum Gasteiger partial charge on any atom is -0.487 e. The lowest BCUT2D eigenvalue weighted by atomic mass is 10.1. The van der Waals surface area contributed by atoms with Crippen molar-refractivity contribution < 1.29 is 31.6 Å². The molecule has 8 nitrogen and oxygen atoms in total. The SMILES string of the molecule is CC(C)(P=O)n1cc(CCCCc2ccc(OCc3coc(C=Cc4ccc(OC(F)(F)F)cc4)n3)cc2)nn1. The van der Waals surface area contributed by atoms with Crippen LogP contribution in [0.5, 0.6) is 11.5 Å². The highest BCUT2D eigenvalue weighted by molar-refractivity contribution is 7.24. The van der Waals surface area contributed by atoms with E-state index in [0.717, 1.165) is 31.4 Å². The van der Waals surface area contributed by atoms with Gasteiger partial charge in [-0.1, -0.05) is 29.5 Å². The number of aryl methyl sites for hydroxylation is 2. The molecule has 0 N–H and O–H groups in total. The fourth-order valence-corrected chi connectivity index (χ4v) is 3.86. The van der Waals surface area contributed by atoms with E-state index in [1.807, 2.05) is 44.3 Å². The number of benzene rings is 2. The van der Waals surface area contributed by atoms with Gasteiger partial charge in [0.25, 0.3) is 0 Å². The Morgan fingerprint density at radius 3 is 2.35 bits per heavy atom. The number of unbranched alkanes of at least 4 members (excludes halogenated alkanes) is 1. The standard InChI is InChI=1S/C28H28F3N4O4P/c1-27(2,40-36)35-17-22(33-34-35)6-4-3-5-20-7-12-24(13-8-20)37-18-23-19-38-26(32-23)16-11-21-9-14-25(15-10-21)39-28(29,30)31/h7-17,19H,3-6,18H2,1-2H3. The molecule has 210 valence electrons. The van der Waals surface area contributed by atoms with Gasteiger partial charge in [0, 0.05) is 12.3 Å². The lowest BCUT2D eigenvalue weighted by Gasteiger charge is -2.14. The number of halogens is 3. The number of hydrogen-bond donors (Lipinski definition) is 0. The molecule has 0 amide bonds. The van der Waals surface area contributed by atoms with Crippen LogP contribution < -0.4 is 9.47 Å². The fraction of sp³-hybridized carbons (Fsp3) is 0.321. The lowest BCUT2D eigenvalue weighted by molar-refractivity contribution is -0.274. The van der Waals surface area contributed by atoms with Crippen LogP contribution in [0.3, 0.4) is 0 Å². The molecule has 0 spiro atoms. The third-order valence-electron chi connectivity index (χ3n) is 5.88. The van der Waals surface area contributed by atoms with Gasteiger partial charge in [0.1, 0.15) is 35.3 Å². The quantitative estimate of drug-likeness (QED) is 0.121. The second-order valence-electron chi connectivity index (χ2n) is 9.51. The molecule has 0 aliphatic carbocycles. The van der Waals surface area contributed by atoms with E-state index in [1.54, 1.807) is 16.8 Å². The molecular weight excluding hydrogens is 544 g/mol. The number of nitrogens with zero attached hydrogens (tertiary/aromatic N) is 4. The Bertz CT molecular complexity index is 1410. The molecule has 0 unspecified atom stereocenters. The molecule has 40 heavy (non-hydrogen) atoms. The molecule has 0 atom stereocenters. The summed E-state index contributed by atoms with van der Waals surface area (Å²) in [6, 6.07) is 13.4. The highest BCUT2D eigenvalue weighted by atomic mass is 31.1. The molecule has 0 saturated carbocycles. The van der Waals surface area contributed by atoms with Crippen LogP contribution in [0.2, 0.25) is 0 Å². The van der Waals surface area contributed by atoms with Crippen molar-refractivity contribution in [1.29, 1.82) is 0 Å². The van der Waals surface area contributed by atoms with Gasteiger partial charge in [-0.3, -0.25) is 4.57 Å². The van der Waals surface area contributed by atoms with E-state index in [1.165, 1.54) is 36.1 Å². The first-order valence-corrected chi connectivity index (χ1v) is 13.4. The molecule has 0 saturated heterocycles. The number of hydrogen-bond acceptors (Lipinski definition) is 7. The van der Waals surface area contributed by atoms with Gasteiger partial charge in [-0.15, -0.1) is 18.3 Å². The molecule has 12 heteroatoms. The second-order valence-corrected chi connectivity index (χ2v) is 10.8. The van der Waals surface area contributed by atoms with Crippen LogP contribution in [0, 0.1) is 0 Å². The molecule has 2 aromatic heterocycles. The van der Waals surface area contributed by atoms with Crippen LogP contribution in [0.15, 0.2) is 65.4 Å². The van der Waals surface area contributed by atoms with Crippen LogP contribution in [-0.2, 0) is 29.3 Å². The summed E-state index contributed by atoms with van der Waals surface area (Å²) in [7, 11) is -0.00425. The van der Waals surface area contributed by atoms with E-state index in [4.69, 9.17) is 9.15 Å². The molecule has 0 bridgehead atoms. The average molecular weight is 573 g/mol. The van der Waals surface area contributed by atoms with Gasteiger partial charge in [-0.25, -0.2) is 9.67 Å².